The second kappa shape index (κ2) is 11.4. The summed E-state index contributed by atoms with van der Waals surface area (Å²) in [6.45, 7) is 12.0. The molecule has 281 valence electrons. The largest absolute Gasteiger partial charge is 0.354 e. The highest BCUT2D eigenvalue weighted by atomic mass is 15.0. The summed E-state index contributed by atoms with van der Waals surface area (Å²) >= 11 is 0. The number of benzene rings is 8. The Morgan fingerprint density at radius 1 is 0.559 bits per heavy atom. The van der Waals surface area contributed by atoms with E-state index in [2.05, 4.69) is 196 Å². The number of hydrogen-bond donors (Lipinski definition) is 1. The van der Waals surface area contributed by atoms with Crippen LogP contribution in [0.3, 0.4) is 0 Å². The van der Waals surface area contributed by atoms with E-state index in [-0.39, 0.29) is 10.8 Å². The van der Waals surface area contributed by atoms with Crippen molar-refractivity contribution >= 4 is 100 Å². The van der Waals surface area contributed by atoms with Gasteiger partial charge in [-0.1, -0.05) is 136 Å². The molecule has 4 heteroatoms. The topological polar surface area (TPSA) is 21.4 Å². The number of nitrogens with one attached hydrogen (secondary N) is 1. The van der Waals surface area contributed by atoms with E-state index in [0.29, 0.717) is 0 Å². The highest BCUT2D eigenvalue weighted by Gasteiger charge is 2.38. The monoisotopic (exact) mass is 756 g/mol. The summed E-state index contributed by atoms with van der Waals surface area (Å²) in [6.07, 6.45) is 2.37. The fraction of sp³-hybridized carbons (Fsp3) is 0.164. The van der Waals surface area contributed by atoms with Crippen molar-refractivity contribution in [3.63, 3.8) is 0 Å². The summed E-state index contributed by atoms with van der Waals surface area (Å²) < 4.78 is 5.05. The molecule has 0 fully saturated rings. The zero-order chi connectivity index (χ0) is 39.5. The first kappa shape index (κ1) is 33.5. The lowest BCUT2D eigenvalue weighted by Gasteiger charge is -2.42. The fourth-order valence-electron chi connectivity index (χ4n) is 11.4. The smallest absolute Gasteiger partial charge is 0.197 e. The van der Waals surface area contributed by atoms with Crippen LogP contribution in [-0.2, 0) is 10.8 Å². The van der Waals surface area contributed by atoms with Gasteiger partial charge in [0.15, 0.2) is 7.28 Å². The second-order valence-electron chi connectivity index (χ2n) is 18.7. The molecule has 4 heterocycles. The zero-order valence-electron chi connectivity index (χ0n) is 34.2. The third-order valence-electron chi connectivity index (χ3n) is 14.4. The van der Waals surface area contributed by atoms with Crippen LogP contribution in [0.4, 0.5) is 11.4 Å². The highest BCUT2D eigenvalue weighted by molar-refractivity contribution is 6.74. The van der Waals surface area contributed by atoms with Crippen molar-refractivity contribution in [3.05, 3.63) is 156 Å². The summed E-state index contributed by atoms with van der Waals surface area (Å²) in [7, 11) is 2.47. The first-order chi connectivity index (χ1) is 28.7. The molecule has 1 N–H and O–H groups in total. The summed E-state index contributed by atoms with van der Waals surface area (Å²) in [4.78, 5) is 0. The Hall–Kier alpha value is -6.52. The van der Waals surface area contributed by atoms with E-state index >= 15 is 0 Å². The van der Waals surface area contributed by atoms with Gasteiger partial charge in [-0.2, -0.15) is 0 Å². The molecule has 59 heavy (non-hydrogen) atoms. The van der Waals surface area contributed by atoms with E-state index in [1.54, 1.807) is 0 Å². The van der Waals surface area contributed by atoms with Gasteiger partial charge in [-0.15, -0.1) is 0 Å². The van der Waals surface area contributed by atoms with Gasteiger partial charge in [0.1, 0.15) is 0 Å². The summed E-state index contributed by atoms with van der Waals surface area (Å²) in [5, 5.41) is 14.5. The number of fused-ring (bicyclic) bond motifs is 13. The molecule has 0 saturated heterocycles. The highest BCUT2D eigenvalue weighted by Crippen LogP contribution is 2.51. The Balaban J connectivity index is 1.20. The van der Waals surface area contributed by atoms with Gasteiger partial charge >= 0.3 is 0 Å². The van der Waals surface area contributed by atoms with E-state index in [0.717, 1.165) is 5.69 Å². The van der Waals surface area contributed by atoms with E-state index in [1.807, 2.05) is 0 Å². The van der Waals surface area contributed by atoms with Gasteiger partial charge in [0.2, 0.25) is 0 Å². The zero-order valence-corrected chi connectivity index (χ0v) is 34.2. The maximum atomic E-state index is 4.29. The lowest BCUT2D eigenvalue weighted by atomic mass is 9.58. The van der Waals surface area contributed by atoms with Crippen LogP contribution in [0.1, 0.15) is 57.2 Å². The first-order valence-electron chi connectivity index (χ1n) is 21.2. The molecule has 3 nitrogen and oxygen atoms in total. The fourth-order valence-corrected chi connectivity index (χ4v) is 11.4. The van der Waals surface area contributed by atoms with Crippen LogP contribution in [0, 0.1) is 6.92 Å². The quantitative estimate of drug-likeness (QED) is 0.178. The Labute approximate surface area is 344 Å². The molecule has 1 radical (unpaired) electrons. The minimum absolute atomic E-state index is 0.0828. The van der Waals surface area contributed by atoms with Crippen LogP contribution < -0.4 is 16.2 Å². The average molecular weight is 757 g/mol. The third-order valence-corrected chi connectivity index (χ3v) is 14.4. The van der Waals surface area contributed by atoms with Crippen molar-refractivity contribution in [3.8, 4) is 16.8 Å². The number of hydrogen-bond acceptors (Lipinski definition) is 1. The lowest BCUT2D eigenvalue weighted by molar-refractivity contribution is 0.332. The molecule has 0 bridgehead atoms. The molecule has 8 aromatic carbocycles. The van der Waals surface area contributed by atoms with Gasteiger partial charge in [0.25, 0.3) is 0 Å². The predicted octanol–water partition coefficient (Wildman–Crippen LogP) is 13.1. The molecular weight excluding hydrogens is 713 g/mol. The maximum Gasteiger partial charge on any atom is 0.197 e. The summed E-state index contributed by atoms with van der Waals surface area (Å²) in [5.74, 6) is 0. The molecule has 0 atom stereocenters. The Bertz CT molecular complexity index is 3630. The molecule has 1 aliphatic heterocycles. The number of rotatable bonds is 3. The van der Waals surface area contributed by atoms with Gasteiger partial charge in [-0.3, -0.25) is 0 Å². The predicted molar refractivity (Wildman–Crippen MR) is 253 cm³/mol. The molecular formula is C55H43BN3. The third kappa shape index (κ3) is 4.34. The molecule has 0 spiro atoms. The maximum absolute atomic E-state index is 4.29. The van der Waals surface area contributed by atoms with Gasteiger partial charge in [-0.05, 0) is 105 Å². The van der Waals surface area contributed by atoms with Gasteiger partial charge < -0.3 is 14.3 Å². The first-order valence-corrected chi connectivity index (χ1v) is 21.2. The van der Waals surface area contributed by atoms with Gasteiger partial charge in [-0.25, -0.2) is 0 Å². The van der Waals surface area contributed by atoms with Crippen LogP contribution in [-0.4, -0.2) is 16.2 Å². The average Bonchev–Trinajstić information content (AvgIpc) is 3.89. The molecule has 3 aromatic heterocycles. The van der Waals surface area contributed by atoms with Gasteiger partial charge in [0, 0.05) is 54.8 Å². The summed E-state index contributed by atoms with van der Waals surface area (Å²) in [5.41, 5.74) is 19.3. The normalized spacial score (nSPS) is 15.5. The molecule has 0 unspecified atom stereocenters. The number of aromatic nitrogens is 2. The second-order valence-corrected chi connectivity index (χ2v) is 18.7. The summed E-state index contributed by atoms with van der Waals surface area (Å²) in [6, 6.07) is 52.7. The minimum atomic E-state index is 0.0828. The van der Waals surface area contributed by atoms with Crippen LogP contribution in [0.15, 0.2) is 140 Å². The van der Waals surface area contributed by atoms with Gasteiger partial charge in [0.05, 0.1) is 27.8 Å². The van der Waals surface area contributed by atoms with Crippen molar-refractivity contribution in [2.75, 3.05) is 5.32 Å². The Kier molecular flexibility index (Phi) is 6.44. The Morgan fingerprint density at radius 3 is 1.93 bits per heavy atom. The Morgan fingerprint density at radius 2 is 1.17 bits per heavy atom. The molecule has 2 aliphatic rings. The van der Waals surface area contributed by atoms with Crippen molar-refractivity contribution < 1.29 is 0 Å². The molecule has 0 amide bonds. The number of aryl methyl sites for hydroxylation is 1. The standard InChI is InChI=1S/C55H43BN3/c1-31-27-40-41(55(4,5)26-25-54(40,2)3)30-43(31)57-51-39(29-38-35-18-9-12-23-45(35)58-46-24-13-10-19-37(46)49(51)53(38)58)48-33-16-7-6-15-32(33)28-47-50(48)56-42-21-14-20-36-34-17-8-11-22-44(34)59(47)52(36)42/h6-24,27-30,57H,25-26H2,1-5H3. The van der Waals surface area contributed by atoms with Crippen LogP contribution in [0.2, 0.25) is 0 Å². The van der Waals surface area contributed by atoms with E-state index in [9.17, 15) is 0 Å². The van der Waals surface area contributed by atoms with Crippen LogP contribution in [0.5, 0.6) is 0 Å². The van der Waals surface area contributed by atoms with Crippen molar-refractivity contribution in [1.82, 2.24) is 8.97 Å². The van der Waals surface area contributed by atoms with E-state index < -0.39 is 0 Å². The number of nitrogens with zero attached hydrogens (tertiary/aromatic N) is 2. The SMILES string of the molecule is Cc1cc2c(cc1Nc1c(-c3c4c(cc5ccccc35)-n3c5ccccc5c5cccc(c53)[B]4)cc3c4ccccc4n4c5ccccc5c1c34)C(C)(C)CCC2(C)C. The van der Waals surface area contributed by atoms with Crippen molar-refractivity contribution in [2.24, 2.45) is 0 Å². The van der Waals surface area contributed by atoms with Crippen LogP contribution >= 0.6 is 0 Å². The van der Waals surface area contributed by atoms with E-state index in [4.69, 9.17) is 0 Å². The number of para-hydroxylation sites is 4. The molecule has 13 rings (SSSR count). The van der Waals surface area contributed by atoms with Crippen LogP contribution in [0.25, 0.3) is 87.5 Å². The molecule has 11 aromatic rings. The number of anilines is 2. The van der Waals surface area contributed by atoms with E-state index in [1.165, 1.54) is 134 Å². The minimum Gasteiger partial charge on any atom is -0.354 e. The van der Waals surface area contributed by atoms with Crippen molar-refractivity contribution in [2.45, 2.75) is 58.3 Å². The molecule has 0 saturated carbocycles. The molecule has 1 aliphatic carbocycles. The lowest BCUT2D eigenvalue weighted by Crippen LogP contribution is -2.37. The van der Waals surface area contributed by atoms with Crippen molar-refractivity contribution in [1.29, 1.82) is 0 Å².